The van der Waals surface area contributed by atoms with Crippen molar-refractivity contribution in [1.82, 2.24) is 5.32 Å². The standard InChI is InChI=1S/C33H35BrCl2N2O6/c1-32(2,3)44-28(40)15-16-33(31(41)37-20-22-9-12-23(35)19-27(22)36)29(25-7-4-5-8-26(25)34)43-30(38-33)21-10-13-24(14-11-21)42-18-6-17-39/h4-5,7-14,19,29,39H,6,15-18,20H2,1-3H3,(H,37,41)/t29-,33-/m1/s1. The summed E-state index contributed by atoms with van der Waals surface area (Å²) in [5.74, 6) is -0.0236. The second-order valence-corrected chi connectivity index (χ2v) is 13.0. The van der Waals surface area contributed by atoms with Gasteiger partial charge in [0.05, 0.1) is 6.61 Å². The first-order chi connectivity index (χ1) is 20.9. The Bertz CT molecular complexity index is 1510. The van der Waals surface area contributed by atoms with Crippen LogP contribution in [0.15, 0.2) is 76.2 Å². The molecule has 0 fully saturated rings. The van der Waals surface area contributed by atoms with Crippen LogP contribution in [0.1, 0.15) is 62.8 Å². The van der Waals surface area contributed by atoms with Crippen molar-refractivity contribution in [3.8, 4) is 5.75 Å². The topological polar surface area (TPSA) is 106 Å². The fraction of sp³-hybridized carbons (Fsp3) is 0.364. The van der Waals surface area contributed by atoms with Crippen molar-refractivity contribution in [2.24, 2.45) is 4.99 Å². The van der Waals surface area contributed by atoms with Crippen molar-refractivity contribution >= 4 is 56.9 Å². The van der Waals surface area contributed by atoms with Gasteiger partial charge in [-0.1, -0.05) is 63.4 Å². The maximum Gasteiger partial charge on any atom is 0.306 e. The number of hydrogen-bond acceptors (Lipinski definition) is 7. The summed E-state index contributed by atoms with van der Waals surface area (Å²) in [5, 5.41) is 12.9. The van der Waals surface area contributed by atoms with E-state index in [1.165, 1.54) is 0 Å². The minimum atomic E-state index is -1.54. The van der Waals surface area contributed by atoms with Gasteiger partial charge in [0.1, 0.15) is 11.4 Å². The van der Waals surface area contributed by atoms with E-state index in [1.807, 2.05) is 24.3 Å². The van der Waals surface area contributed by atoms with E-state index < -0.39 is 29.1 Å². The van der Waals surface area contributed by atoms with Gasteiger partial charge in [0.2, 0.25) is 5.90 Å². The van der Waals surface area contributed by atoms with Gasteiger partial charge in [0.15, 0.2) is 11.6 Å². The third-order valence-corrected chi connectivity index (χ3v) is 8.11. The number of rotatable bonds is 12. The minimum absolute atomic E-state index is 0.0138. The summed E-state index contributed by atoms with van der Waals surface area (Å²) in [5.41, 5.74) is -0.237. The fourth-order valence-electron chi connectivity index (χ4n) is 4.71. The number of carbonyl (C=O) groups excluding carboxylic acids is 2. The third-order valence-electron chi connectivity index (χ3n) is 6.80. The number of amides is 1. The average Bonchev–Trinajstić information content (AvgIpc) is 3.36. The summed E-state index contributed by atoms with van der Waals surface area (Å²) >= 11 is 16.1. The van der Waals surface area contributed by atoms with E-state index in [4.69, 9.17) is 47.5 Å². The van der Waals surface area contributed by atoms with Gasteiger partial charge < -0.3 is 24.6 Å². The first kappa shape index (κ1) is 33.8. The minimum Gasteiger partial charge on any atom is -0.494 e. The number of nitrogens with one attached hydrogen (secondary N) is 1. The number of aliphatic hydroxyl groups is 1. The van der Waals surface area contributed by atoms with Gasteiger partial charge in [-0.3, -0.25) is 9.59 Å². The van der Waals surface area contributed by atoms with Gasteiger partial charge in [0.25, 0.3) is 5.91 Å². The second kappa shape index (κ2) is 14.8. The van der Waals surface area contributed by atoms with Crippen molar-refractivity contribution in [3.63, 3.8) is 0 Å². The summed E-state index contributed by atoms with van der Waals surface area (Å²) in [4.78, 5) is 32.2. The van der Waals surface area contributed by atoms with Crippen molar-refractivity contribution in [1.29, 1.82) is 0 Å². The van der Waals surface area contributed by atoms with Crippen molar-refractivity contribution in [2.75, 3.05) is 13.2 Å². The van der Waals surface area contributed by atoms with E-state index in [1.54, 1.807) is 63.2 Å². The summed E-state index contributed by atoms with van der Waals surface area (Å²) in [6.07, 6.45) is -0.427. The first-order valence-electron chi connectivity index (χ1n) is 14.2. The highest BCUT2D eigenvalue weighted by atomic mass is 79.9. The van der Waals surface area contributed by atoms with Crippen LogP contribution in [0, 0.1) is 0 Å². The molecule has 2 N–H and O–H groups in total. The first-order valence-corrected chi connectivity index (χ1v) is 15.8. The Morgan fingerprint density at radius 2 is 1.82 bits per heavy atom. The largest absolute Gasteiger partial charge is 0.494 e. The molecular weight excluding hydrogens is 671 g/mol. The van der Waals surface area contributed by atoms with Crippen LogP contribution >= 0.6 is 39.1 Å². The molecule has 2 atom stereocenters. The number of esters is 1. The molecule has 0 radical (unpaired) electrons. The molecule has 3 aromatic carbocycles. The lowest BCUT2D eigenvalue weighted by molar-refractivity contribution is -0.155. The van der Waals surface area contributed by atoms with Crippen LogP contribution in [0.2, 0.25) is 10.0 Å². The molecule has 0 spiro atoms. The molecule has 1 aliphatic heterocycles. The number of ether oxygens (including phenoxy) is 3. The van der Waals surface area contributed by atoms with Crippen LogP contribution in [-0.4, -0.2) is 47.2 Å². The Balaban J connectivity index is 1.74. The Labute approximate surface area is 275 Å². The molecule has 0 unspecified atom stereocenters. The van der Waals surface area contributed by atoms with Crippen LogP contribution in [0.3, 0.4) is 0 Å². The Morgan fingerprint density at radius 3 is 2.48 bits per heavy atom. The maximum atomic E-state index is 14.3. The maximum absolute atomic E-state index is 14.3. The molecule has 44 heavy (non-hydrogen) atoms. The van der Waals surface area contributed by atoms with Crippen molar-refractivity contribution in [3.05, 3.63) is 97.9 Å². The molecule has 8 nitrogen and oxygen atoms in total. The molecular formula is C33H35BrCl2N2O6. The van der Waals surface area contributed by atoms with E-state index in [0.29, 0.717) is 45.5 Å². The van der Waals surface area contributed by atoms with E-state index in [9.17, 15) is 9.59 Å². The second-order valence-electron chi connectivity index (χ2n) is 11.3. The van der Waals surface area contributed by atoms with Crippen LogP contribution in [0.4, 0.5) is 0 Å². The highest BCUT2D eigenvalue weighted by Gasteiger charge is 2.53. The Kier molecular flexibility index (Phi) is 11.3. The number of aliphatic imine (C=N–C) groups is 1. The van der Waals surface area contributed by atoms with Crippen LogP contribution < -0.4 is 10.1 Å². The summed E-state index contributed by atoms with van der Waals surface area (Å²) in [6, 6.07) is 19.6. The lowest BCUT2D eigenvalue weighted by Gasteiger charge is -2.31. The zero-order valence-corrected chi connectivity index (χ0v) is 27.8. The predicted octanol–water partition coefficient (Wildman–Crippen LogP) is 7.21. The number of carbonyl (C=O) groups is 2. The molecule has 4 rings (SSSR count). The van der Waals surface area contributed by atoms with E-state index in [-0.39, 0.29) is 31.9 Å². The van der Waals surface area contributed by atoms with Gasteiger partial charge in [-0.05, 0) is 75.2 Å². The summed E-state index contributed by atoms with van der Waals surface area (Å²) < 4.78 is 18.5. The zero-order valence-electron chi connectivity index (χ0n) is 24.7. The van der Waals surface area contributed by atoms with Gasteiger partial charge in [-0.2, -0.15) is 0 Å². The molecule has 1 aliphatic rings. The molecule has 1 heterocycles. The van der Waals surface area contributed by atoms with Gasteiger partial charge in [-0.25, -0.2) is 4.99 Å². The number of aliphatic hydroxyl groups excluding tert-OH is 1. The van der Waals surface area contributed by atoms with E-state index >= 15 is 0 Å². The fourth-order valence-corrected chi connectivity index (χ4v) is 5.68. The van der Waals surface area contributed by atoms with E-state index in [0.717, 1.165) is 4.47 Å². The van der Waals surface area contributed by atoms with Crippen LogP contribution in [0.25, 0.3) is 0 Å². The van der Waals surface area contributed by atoms with Gasteiger partial charge >= 0.3 is 5.97 Å². The molecule has 1 amide bonds. The van der Waals surface area contributed by atoms with Crippen LogP contribution in [0.5, 0.6) is 5.75 Å². The molecule has 0 saturated carbocycles. The quantitative estimate of drug-likeness (QED) is 0.152. The van der Waals surface area contributed by atoms with Gasteiger partial charge in [0, 0.05) is 51.6 Å². The smallest absolute Gasteiger partial charge is 0.306 e. The monoisotopic (exact) mass is 704 g/mol. The Morgan fingerprint density at radius 1 is 1.09 bits per heavy atom. The Hall–Kier alpha value is -3.11. The molecule has 0 aliphatic carbocycles. The lowest BCUT2D eigenvalue weighted by Crippen LogP contribution is -2.48. The molecule has 234 valence electrons. The summed E-state index contributed by atoms with van der Waals surface area (Å²) in [6.45, 7) is 5.90. The predicted molar refractivity (Wildman–Crippen MR) is 174 cm³/mol. The van der Waals surface area contributed by atoms with Crippen molar-refractivity contribution in [2.45, 2.75) is 63.8 Å². The van der Waals surface area contributed by atoms with Gasteiger partial charge in [-0.15, -0.1) is 0 Å². The number of nitrogens with zero attached hydrogens (tertiary/aromatic N) is 1. The number of halogens is 3. The molecule has 0 aromatic heterocycles. The zero-order chi connectivity index (χ0) is 31.9. The highest BCUT2D eigenvalue weighted by Crippen LogP contribution is 2.45. The molecule has 3 aromatic rings. The molecule has 11 heteroatoms. The van der Waals surface area contributed by atoms with Crippen molar-refractivity contribution < 1.29 is 28.9 Å². The number of benzene rings is 3. The summed E-state index contributed by atoms with van der Waals surface area (Å²) in [7, 11) is 0. The lowest BCUT2D eigenvalue weighted by atomic mass is 9.83. The highest BCUT2D eigenvalue weighted by molar-refractivity contribution is 9.10. The third kappa shape index (κ3) is 8.53. The molecule has 0 saturated heterocycles. The molecule has 0 bridgehead atoms. The number of hydrogen-bond donors (Lipinski definition) is 2. The SMILES string of the molecule is CC(C)(C)OC(=O)CC[C@@]1(C(=O)NCc2ccc(Cl)cc2Cl)N=C(c2ccc(OCCCO)cc2)O[C@@H]1c1ccccc1Br. The average molecular weight is 706 g/mol. The van der Waals surface area contributed by atoms with E-state index in [2.05, 4.69) is 21.2 Å². The normalized spacial score (nSPS) is 17.9. The van der Waals surface area contributed by atoms with Crippen LogP contribution in [-0.2, 0) is 25.6 Å².